The molecule has 0 amide bonds. The van der Waals surface area contributed by atoms with Crippen LogP contribution in [0.25, 0.3) is 0 Å². The molecule has 0 aliphatic rings. The third-order valence-corrected chi connectivity index (χ3v) is 7.15. The van der Waals surface area contributed by atoms with Crippen molar-refractivity contribution in [2.24, 2.45) is 0 Å². The zero-order valence-corrected chi connectivity index (χ0v) is 24.6. The summed E-state index contributed by atoms with van der Waals surface area (Å²) in [6.45, 7) is 0.410. The van der Waals surface area contributed by atoms with Crippen LogP contribution in [-0.4, -0.2) is 11.2 Å². The molecular formula is C31H21F9INO2. The van der Waals surface area contributed by atoms with Crippen molar-refractivity contribution in [3.05, 3.63) is 136 Å². The molecule has 0 fully saturated rings. The van der Waals surface area contributed by atoms with Crippen LogP contribution < -0.4 is 10.1 Å². The Balaban J connectivity index is 2.05. The molecule has 0 spiro atoms. The number of rotatable bonds is 10. The number of aliphatic hydroxyl groups excluding tert-OH is 1. The number of ether oxygens (including phenoxy) is 1. The number of aliphatic hydroxyl groups is 1. The highest BCUT2D eigenvalue weighted by atomic mass is 127. The van der Waals surface area contributed by atoms with E-state index in [0.29, 0.717) is 30.7 Å². The third kappa shape index (κ3) is 7.77. The smallest absolute Gasteiger partial charge is 0.419 e. The van der Waals surface area contributed by atoms with Crippen molar-refractivity contribution in [2.45, 2.75) is 41.3 Å². The predicted octanol–water partition coefficient (Wildman–Crippen LogP) is 8.83. The van der Waals surface area contributed by atoms with Gasteiger partial charge in [-0.15, -0.1) is 0 Å². The van der Waals surface area contributed by atoms with Crippen LogP contribution in [-0.2, 0) is 22.1 Å². The zero-order chi connectivity index (χ0) is 32.5. The summed E-state index contributed by atoms with van der Waals surface area (Å²) in [4.78, 5) is 0. The van der Waals surface area contributed by atoms with Crippen LogP contribution in [0.2, 0.25) is 0 Å². The van der Waals surface area contributed by atoms with Crippen LogP contribution in [0.4, 0.5) is 39.5 Å². The van der Waals surface area contributed by atoms with Gasteiger partial charge in [-0.1, -0.05) is 42.5 Å². The highest BCUT2D eigenvalue weighted by molar-refractivity contribution is 14.1. The number of nitrogens with one attached hydrogen (secondary N) is 1. The lowest BCUT2D eigenvalue weighted by atomic mass is 9.76. The minimum atomic E-state index is -5.15. The Bertz CT molecular complexity index is 1600. The number of halogens is 10. The van der Waals surface area contributed by atoms with Gasteiger partial charge in [-0.25, -0.2) is 8.78 Å². The van der Waals surface area contributed by atoms with E-state index < -0.39 is 62.1 Å². The highest BCUT2D eigenvalue weighted by Gasteiger charge is 2.43. The number of benzene rings is 3. The van der Waals surface area contributed by atoms with E-state index in [1.807, 2.05) is 0 Å². The standard InChI is InChI=1S/C31H21F9INO2/c1-28(34,35)44-26-10-6-5-9-23(26)29(17-18-7-3-2-4-8-18,20-14-21(31(39,40)41)16-22(32)15-20)42-27(43)19-11-12-25(33)24(13-19)30(36,37)38/h2-5,7-9,11-16,27,42-43H,17H2,1H3. The van der Waals surface area contributed by atoms with Crippen LogP contribution in [0.1, 0.15) is 46.5 Å². The molecule has 0 saturated heterocycles. The fourth-order valence-corrected chi connectivity index (χ4v) is 5.00. The molecular weight excluding hydrogens is 716 g/mol. The molecule has 0 saturated carbocycles. The van der Waals surface area contributed by atoms with Crippen molar-refractivity contribution in [3.63, 3.8) is 0 Å². The molecule has 4 rings (SSSR count). The van der Waals surface area contributed by atoms with Crippen molar-refractivity contribution in [3.8, 4) is 5.75 Å². The molecule has 0 bridgehead atoms. The number of hydrogen-bond donors (Lipinski definition) is 2. The molecule has 2 N–H and O–H groups in total. The Labute approximate surface area is 259 Å². The summed E-state index contributed by atoms with van der Waals surface area (Å²) in [6.07, 6.45) is -11.5. The molecule has 0 aliphatic heterocycles. The quantitative estimate of drug-likeness (QED) is 0.0741. The molecule has 2 unspecified atom stereocenters. The maximum atomic E-state index is 15.0. The van der Waals surface area contributed by atoms with Gasteiger partial charge in [0.25, 0.3) is 0 Å². The highest BCUT2D eigenvalue weighted by Crippen LogP contribution is 2.44. The average molecular weight is 737 g/mol. The van der Waals surface area contributed by atoms with Gasteiger partial charge in [-0.3, -0.25) is 5.32 Å². The predicted molar refractivity (Wildman–Crippen MR) is 150 cm³/mol. The topological polar surface area (TPSA) is 41.5 Å². The fourth-order valence-electron chi connectivity index (χ4n) is 4.68. The second kappa shape index (κ2) is 12.5. The van der Waals surface area contributed by atoms with Crippen LogP contribution >= 0.6 is 22.6 Å². The summed E-state index contributed by atoms with van der Waals surface area (Å²) < 4.78 is 128. The SMILES string of the molecule is CC(F)(F)Oc1c#cccc1C(Cc1ccccc1)(NC(O)c1ccc(F)c(C(F)(F)F)c1)c1cc(F)cc(C(F)(F)I)c1. The van der Waals surface area contributed by atoms with Gasteiger partial charge in [0.05, 0.1) is 11.1 Å². The molecule has 13 heteroatoms. The molecule has 3 nitrogen and oxygen atoms in total. The minimum absolute atomic E-state index is 0.285. The van der Waals surface area contributed by atoms with Gasteiger partial charge < -0.3 is 9.84 Å². The van der Waals surface area contributed by atoms with Crippen molar-refractivity contribution < 1.29 is 49.4 Å². The van der Waals surface area contributed by atoms with E-state index >= 15 is 4.39 Å². The molecule has 0 aromatic heterocycles. The number of alkyl halides is 8. The summed E-state index contributed by atoms with van der Waals surface area (Å²) >= 11 is 0.769. The van der Waals surface area contributed by atoms with Crippen LogP contribution in [0.3, 0.4) is 0 Å². The maximum Gasteiger partial charge on any atom is 0.419 e. The third-order valence-electron chi connectivity index (χ3n) is 6.53. The maximum absolute atomic E-state index is 15.0. The van der Waals surface area contributed by atoms with Crippen molar-refractivity contribution in [2.75, 3.05) is 0 Å². The zero-order valence-electron chi connectivity index (χ0n) is 22.4. The number of hydrogen-bond acceptors (Lipinski definition) is 3. The van der Waals surface area contributed by atoms with E-state index in [2.05, 4.69) is 17.4 Å². The Morgan fingerprint density at radius 3 is 2.14 bits per heavy atom. The van der Waals surface area contributed by atoms with Crippen LogP contribution in [0.5, 0.6) is 5.75 Å². The van der Waals surface area contributed by atoms with E-state index in [1.54, 1.807) is 30.3 Å². The summed E-state index contributed by atoms with van der Waals surface area (Å²) in [6, 6.07) is 19.0. The second-order valence-corrected chi connectivity index (χ2v) is 11.2. The first kappa shape index (κ1) is 33.4. The molecule has 232 valence electrons. The van der Waals surface area contributed by atoms with Gasteiger partial charge >= 0.3 is 16.2 Å². The molecule has 2 atom stereocenters. The Morgan fingerprint density at radius 1 is 0.864 bits per heavy atom. The van der Waals surface area contributed by atoms with Crippen molar-refractivity contribution in [1.29, 1.82) is 0 Å². The largest absolute Gasteiger partial charge is 0.424 e. The molecule has 4 aromatic carbocycles. The minimum Gasteiger partial charge on any atom is -0.424 e. The first-order valence-electron chi connectivity index (χ1n) is 12.6. The van der Waals surface area contributed by atoms with Gasteiger partial charge in [0, 0.05) is 40.6 Å². The van der Waals surface area contributed by atoms with Crippen molar-refractivity contribution >= 4 is 22.6 Å². The van der Waals surface area contributed by atoms with E-state index in [0.717, 1.165) is 40.8 Å². The lowest BCUT2D eigenvalue weighted by Gasteiger charge is -2.39. The van der Waals surface area contributed by atoms with Gasteiger partial charge in [-0.05, 0) is 71.6 Å². The Hall–Kier alpha value is -3.48. The van der Waals surface area contributed by atoms with E-state index in [4.69, 9.17) is 4.74 Å². The summed E-state index contributed by atoms with van der Waals surface area (Å²) in [5.41, 5.74) is -5.46. The van der Waals surface area contributed by atoms with Gasteiger partial charge in [0.1, 0.15) is 17.9 Å². The lowest BCUT2D eigenvalue weighted by molar-refractivity contribution is -0.159. The van der Waals surface area contributed by atoms with Crippen LogP contribution in [0.15, 0.2) is 78.9 Å². The summed E-state index contributed by atoms with van der Waals surface area (Å²) in [5, 5.41) is 14.0. The van der Waals surface area contributed by atoms with Gasteiger partial charge in [0.15, 0.2) is 5.75 Å². The van der Waals surface area contributed by atoms with Gasteiger partial charge in [0.2, 0.25) is 0 Å². The Morgan fingerprint density at radius 2 is 1.52 bits per heavy atom. The summed E-state index contributed by atoms with van der Waals surface area (Å²) in [7, 11) is 0. The lowest BCUT2D eigenvalue weighted by Crippen LogP contribution is -2.48. The first-order chi connectivity index (χ1) is 20.4. The molecule has 4 aromatic rings. The van der Waals surface area contributed by atoms with Crippen molar-refractivity contribution in [1.82, 2.24) is 5.32 Å². The monoisotopic (exact) mass is 737 g/mol. The van der Waals surface area contributed by atoms with Gasteiger partial charge in [-0.2, -0.15) is 30.7 Å². The molecule has 0 aliphatic carbocycles. The van der Waals surface area contributed by atoms with E-state index in [-0.39, 0.29) is 17.5 Å². The molecule has 0 heterocycles. The molecule has 44 heavy (non-hydrogen) atoms. The Kier molecular flexibility index (Phi) is 9.48. The normalized spacial score (nSPS) is 14.5. The van der Waals surface area contributed by atoms with Crippen LogP contribution in [0, 0.1) is 23.8 Å². The fraction of sp³-hybridized carbons (Fsp3) is 0.226. The summed E-state index contributed by atoms with van der Waals surface area (Å²) in [5.74, 6) is -3.48. The van der Waals surface area contributed by atoms with E-state index in [1.165, 1.54) is 12.1 Å². The second-order valence-electron chi connectivity index (χ2n) is 9.83. The molecule has 0 radical (unpaired) electrons. The average Bonchev–Trinajstić information content (AvgIpc) is 2.91. The first-order valence-corrected chi connectivity index (χ1v) is 13.7. The van der Waals surface area contributed by atoms with E-state index in [9.17, 15) is 40.2 Å².